The number of thiophene rings is 1. The molecule has 1 amide bonds. The van der Waals surface area contributed by atoms with Crippen LogP contribution in [0.1, 0.15) is 26.6 Å². The maximum Gasteiger partial charge on any atom is 0.251 e. The number of nitrogens with zero attached hydrogens (tertiary/aromatic N) is 1. The number of primary amides is 1. The summed E-state index contributed by atoms with van der Waals surface area (Å²) in [6, 6.07) is 11.1. The monoisotopic (exact) mass is 340 g/mol. The van der Waals surface area contributed by atoms with Gasteiger partial charge < -0.3 is 15.4 Å². The van der Waals surface area contributed by atoms with Crippen LogP contribution in [0.4, 0.5) is 0 Å². The highest BCUT2D eigenvalue weighted by molar-refractivity contribution is 7.09. The van der Waals surface area contributed by atoms with Crippen LogP contribution in [0.5, 0.6) is 5.75 Å². The molecule has 124 valence electrons. The maximum atomic E-state index is 12.0. The molecule has 4 nitrogen and oxygen atoms in total. The molecule has 2 aromatic heterocycles. The van der Waals surface area contributed by atoms with Gasteiger partial charge in [-0.2, -0.15) is 0 Å². The maximum absolute atomic E-state index is 12.0. The molecule has 5 heteroatoms. The molecule has 3 rings (SSSR count). The number of carbonyl (C=O) groups is 1. The number of phenolic OH excluding ortho intramolecular Hbond substituents is 1. The van der Waals surface area contributed by atoms with E-state index in [2.05, 4.69) is 16.0 Å². The lowest BCUT2D eigenvalue weighted by molar-refractivity contribution is 0.1000. The first kappa shape index (κ1) is 16.3. The zero-order chi connectivity index (χ0) is 17.3. The summed E-state index contributed by atoms with van der Waals surface area (Å²) < 4.78 is 2.14. The lowest BCUT2D eigenvalue weighted by Crippen LogP contribution is -2.13. The fourth-order valence-corrected chi connectivity index (χ4v) is 3.91. The summed E-state index contributed by atoms with van der Waals surface area (Å²) in [4.78, 5) is 13.4. The van der Waals surface area contributed by atoms with E-state index in [-0.39, 0.29) is 5.75 Å². The van der Waals surface area contributed by atoms with Gasteiger partial charge in [0, 0.05) is 28.4 Å². The van der Waals surface area contributed by atoms with E-state index >= 15 is 0 Å². The fourth-order valence-electron chi connectivity index (χ4n) is 3.21. The molecule has 0 aliphatic carbocycles. The van der Waals surface area contributed by atoms with Crippen LogP contribution in [0.2, 0.25) is 0 Å². The minimum atomic E-state index is -0.441. The number of hydrogen-bond acceptors (Lipinski definition) is 3. The predicted octanol–water partition coefficient (Wildman–Crippen LogP) is 3.88. The van der Waals surface area contributed by atoms with Gasteiger partial charge in [-0.05, 0) is 49.4 Å². The van der Waals surface area contributed by atoms with Crippen molar-refractivity contribution < 1.29 is 9.90 Å². The highest BCUT2D eigenvalue weighted by atomic mass is 32.1. The molecule has 0 aliphatic rings. The van der Waals surface area contributed by atoms with E-state index in [0.29, 0.717) is 5.56 Å². The van der Waals surface area contributed by atoms with Crippen LogP contribution in [0, 0.1) is 13.8 Å². The van der Waals surface area contributed by atoms with Crippen LogP contribution in [0.15, 0.2) is 41.8 Å². The van der Waals surface area contributed by atoms with Crippen LogP contribution < -0.4 is 5.73 Å². The second-order valence-electron chi connectivity index (χ2n) is 5.82. The van der Waals surface area contributed by atoms with Crippen molar-refractivity contribution in [1.29, 1.82) is 0 Å². The summed E-state index contributed by atoms with van der Waals surface area (Å²) in [5, 5.41) is 11.8. The van der Waals surface area contributed by atoms with E-state index in [1.807, 2.05) is 26.0 Å². The number of amides is 1. The second kappa shape index (κ2) is 6.53. The van der Waals surface area contributed by atoms with Gasteiger partial charge >= 0.3 is 0 Å². The normalized spacial score (nSPS) is 10.9. The van der Waals surface area contributed by atoms with Crippen molar-refractivity contribution in [3.8, 4) is 16.9 Å². The highest BCUT2D eigenvalue weighted by Gasteiger charge is 2.22. The molecule has 2 heterocycles. The summed E-state index contributed by atoms with van der Waals surface area (Å²) >= 11 is 1.73. The van der Waals surface area contributed by atoms with Crippen molar-refractivity contribution >= 4 is 17.2 Å². The third-order valence-corrected chi connectivity index (χ3v) is 5.26. The number of hydrogen-bond donors (Lipinski definition) is 2. The fraction of sp³-hybridized carbons (Fsp3) is 0.211. The zero-order valence-electron chi connectivity index (χ0n) is 13.7. The van der Waals surface area contributed by atoms with E-state index in [1.165, 1.54) is 4.88 Å². The highest BCUT2D eigenvalue weighted by Crippen LogP contribution is 2.34. The molecule has 0 aliphatic heterocycles. The Balaban J connectivity index is 2.08. The number of phenols is 1. The van der Waals surface area contributed by atoms with E-state index in [0.717, 1.165) is 35.5 Å². The molecule has 0 atom stereocenters. The third-order valence-electron chi connectivity index (χ3n) is 4.33. The van der Waals surface area contributed by atoms with Crippen LogP contribution in [-0.4, -0.2) is 15.6 Å². The van der Waals surface area contributed by atoms with Gasteiger partial charge in [0.25, 0.3) is 5.91 Å². The Labute approximate surface area is 145 Å². The first-order chi connectivity index (χ1) is 11.5. The van der Waals surface area contributed by atoms with Gasteiger partial charge in [-0.3, -0.25) is 4.79 Å². The molecule has 0 spiro atoms. The van der Waals surface area contributed by atoms with Crippen molar-refractivity contribution in [3.63, 3.8) is 0 Å². The number of aromatic hydroxyl groups is 1. The number of benzene rings is 1. The molecule has 0 bridgehead atoms. The van der Waals surface area contributed by atoms with E-state index in [1.54, 1.807) is 29.5 Å². The Morgan fingerprint density at radius 2 is 2.00 bits per heavy atom. The first-order valence-electron chi connectivity index (χ1n) is 7.80. The predicted molar refractivity (Wildman–Crippen MR) is 97.5 cm³/mol. The number of rotatable bonds is 5. The first-order valence-corrected chi connectivity index (χ1v) is 8.68. The summed E-state index contributed by atoms with van der Waals surface area (Å²) in [5.74, 6) is -0.268. The van der Waals surface area contributed by atoms with Gasteiger partial charge in [0.2, 0.25) is 0 Å². The summed E-state index contributed by atoms with van der Waals surface area (Å²) in [7, 11) is 0. The molecule has 3 aromatic rings. The SMILES string of the molecule is Cc1c(C(N)=O)c(-c2cccc(O)c2)c(C)n1CCc1cccs1. The molecular weight excluding hydrogens is 320 g/mol. The number of aromatic nitrogens is 1. The summed E-state index contributed by atoms with van der Waals surface area (Å²) in [6.45, 7) is 4.71. The van der Waals surface area contributed by atoms with Crippen LogP contribution in [-0.2, 0) is 13.0 Å². The van der Waals surface area contributed by atoms with E-state index < -0.39 is 5.91 Å². The molecule has 0 saturated carbocycles. The Kier molecular flexibility index (Phi) is 4.44. The lowest BCUT2D eigenvalue weighted by Gasteiger charge is -2.09. The molecular formula is C19H20N2O2S. The van der Waals surface area contributed by atoms with Crippen molar-refractivity contribution in [1.82, 2.24) is 4.57 Å². The van der Waals surface area contributed by atoms with Gasteiger partial charge in [-0.25, -0.2) is 0 Å². The van der Waals surface area contributed by atoms with Gasteiger partial charge in [-0.15, -0.1) is 11.3 Å². The van der Waals surface area contributed by atoms with Crippen molar-refractivity contribution in [2.24, 2.45) is 5.73 Å². The molecule has 3 N–H and O–H groups in total. The van der Waals surface area contributed by atoms with Crippen molar-refractivity contribution in [2.45, 2.75) is 26.8 Å². The minimum Gasteiger partial charge on any atom is -0.508 e. The van der Waals surface area contributed by atoms with Crippen LogP contribution >= 0.6 is 11.3 Å². The standard InChI is InChI=1S/C19H20N2O2S/c1-12-17(14-5-3-6-15(22)11-14)18(19(20)23)13(2)21(12)9-8-16-7-4-10-24-16/h3-7,10-11,22H,8-9H2,1-2H3,(H2,20,23). The molecule has 0 fully saturated rings. The van der Waals surface area contributed by atoms with Crippen LogP contribution in [0.25, 0.3) is 11.1 Å². The lowest BCUT2D eigenvalue weighted by atomic mass is 10.00. The molecule has 0 radical (unpaired) electrons. The third kappa shape index (κ3) is 2.95. The average Bonchev–Trinajstić information content (AvgIpc) is 3.12. The van der Waals surface area contributed by atoms with Crippen molar-refractivity contribution in [2.75, 3.05) is 0 Å². The van der Waals surface area contributed by atoms with Gasteiger partial charge in [-0.1, -0.05) is 18.2 Å². The van der Waals surface area contributed by atoms with Crippen molar-refractivity contribution in [3.05, 3.63) is 63.6 Å². The van der Waals surface area contributed by atoms with Crippen LogP contribution in [0.3, 0.4) is 0 Å². The van der Waals surface area contributed by atoms with E-state index in [9.17, 15) is 9.90 Å². The van der Waals surface area contributed by atoms with Gasteiger partial charge in [0.1, 0.15) is 5.75 Å². The Bertz CT molecular complexity index is 879. The minimum absolute atomic E-state index is 0.173. The molecule has 24 heavy (non-hydrogen) atoms. The van der Waals surface area contributed by atoms with E-state index in [4.69, 9.17) is 5.73 Å². The summed E-state index contributed by atoms with van der Waals surface area (Å²) in [6.07, 6.45) is 0.908. The largest absolute Gasteiger partial charge is 0.508 e. The number of nitrogens with two attached hydrogens (primary N) is 1. The Morgan fingerprint density at radius 3 is 2.62 bits per heavy atom. The summed E-state index contributed by atoms with van der Waals surface area (Å²) in [5.41, 5.74) is 9.65. The molecule has 1 aromatic carbocycles. The van der Waals surface area contributed by atoms with Gasteiger partial charge in [0.15, 0.2) is 0 Å². The average molecular weight is 340 g/mol. The zero-order valence-corrected chi connectivity index (χ0v) is 14.6. The quantitative estimate of drug-likeness (QED) is 0.740. The Hall–Kier alpha value is -2.53. The molecule has 0 saturated heterocycles. The Morgan fingerprint density at radius 1 is 1.21 bits per heavy atom. The molecule has 0 unspecified atom stereocenters. The van der Waals surface area contributed by atoms with Gasteiger partial charge in [0.05, 0.1) is 5.56 Å². The topological polar surface area (TPSA) is 68.2 Å². The second-order valence-corrected chi connectivity index (χ2v) is 6.85. The number of carbonyl (C=O) groups excluding carboxylic acids is 1. The number of aryl methyl sites for hydroxylation is 1. The smallest absolute Gasteiger partial charge is 0.251 e.